The number of nitrogens with zero attached hydrogens (tertiary/aromatic N) is 1. The van der Waals surface area contributed by atoms with Crippen LogP contribution >= 0.6 is 11.6 Å². The Hall–Kier alpha value is -1.64. The van der Waals surface area contributed by atoms with Crippen LogP contribution in [0, 0.1) is 11.8 Å². The number of rotatable bonds is 5. The molecular formula is C16H21ClN2O5S. The number of sulfonamides is 1. The summed E-state index contributed by atoms with van der Waals surface area (Å²) in [5.74, 6) is -1.21. The van der Waals surface area contributed by atoms with Gasteiger partial charge in [0.15, 0.2) is 6.61 Å². The molecule has 1 aromatic rings. The number of piperidine rings is 1. The Kier molecular flexibility index (Phi) is 6.08. The molecule has 0 radical (unpaired) electrons. The zero-order valence-corrected chi connectivity index (χ0v) is 15.6. The van der Waals surface area contributed by atoms with Gasteiger partial charge in [-0.1, -0.05) is 25.4 Å². The highest BCUT2D eigenvalue weighted by molar-refractivity contribution is 7.89. The van der Waals surface area contributed by atoms with Crippen molar-refractivity contribution in [3.8, 4) is 0 Å². The highest BCUT2D eigenvalue weighted by atomic mass is 35.5. The molecular weight excluding hydrogens is 368 g/mol. The van der Waals surface area contributed by atoms with Gasteiger partial charge in [-0.2, -0.15) is 4.31 Å². The van der Waals surface area contributed by atoms with Crippen LogP contribution in [0.25, 0.3) is 0 Å². The molecule has 1 aromatic carbocycles. The lowest BCUT2D eigenvalue weighted by Crippen LogP contribution is -2.42. The lowest BCUT2D eigenvalue weighted by atomic mass is 9.94. The van der Waals surface area contributed by atoms with E-state index >= 15 is 0 Å². The van der Waals surface area contributed by atoms with Crippen LogP contribution in [0.2, 0.25) is 5.02 Å². The minimum absolute atomic E-state index is 0.0359. The van der Waals surface area contributed by atoms with E-state index in [1.807, 2.05) is 13.8 Å². The number of hydrogen-bond acceptors (Lipinski definition) is 5. The molecule has 1 heterocycles. The first kappa shape index (κ1) is 19.7. The number of primary amides is 1. The van der Waals surface area contributed by atoms with Gasteiger partial charge in [-0.25, -0.2) is 13.2 Å². The topological polar surface area (TPSA) is 107 Å². The third-order valence-corrected chi connectivity index (χ3v) is 6.13. The molecule has 0 bridgehead atoms. The maximum atomic E-state index is 12.9. The normalized spacial score (nSPS) is 21.7. The lowest BCUT2D eigenvalue weighted by Gasteiger charge is -2.34. The number of carbonyl (C=O) groups is 2. The van der Waals surface area contributed by atoms with Crippen molar-refractivity contribution in [3.05, 3.63) is 28.8 Å². The summed E-state index contributed by atoms with van der Waals surface area (Å²) in [7, 11) is -3.76. The second kappa shape index (κ2) is 7.72. The minimum atomic E-state index is -3.76. The number of nitrogens with two attached hydrogens (primary N) is 1. The first-order valence-corrected chi connectivity index (χ1v) is 9.68. The van der Waals surface area contributed by atoms with E-state index in [-0.39, 0.29) is 27.3 Å². The van der Waals surface area contributed by atoms with Gasteiger partial charge in [0, 0.05) is 13.1 Å². The predicted molar refractivity (Wildman–Crippen MR) is 92.6 cm³/mol. The summed E-state index contributed by atoms with van der Waals surface area (Å²) in [5.41, 5.74) is 4.80. The number of hydrogen-bond donors (Lipinski definition) is 1. The van der Waals surface area contributed by atoms with Crippen molar-refractivity contribution in [1.29, 1.82) is 0 Å². The van der Waals surface area contributed by atoms with E-state index in [4.69, 9.17) is 22.1 Å². The summed E-state index contributed by atoms with van der Waals surface area (Å²) in [6.45, 7) is 4.26. The molecule has 25 heavy (non-hydrogen) atoms. The Bertz CT molecular complexity index is 771. The molecule has 9 heteroatoms. The molecule has 1 saturated heterocycles. The zero-order chi connectivity index (χ0) is 18.8. The molecule has 1 amide bonds. The van der Waals surface area contributed by atoms with Crippen LogP contribution in [0.5, 0.6) is 0 Å². The van der Waals surface area contributed by atoms with Crippen LogP contribution in [0.1, 0.15) is 30.6 Å². The van der Waals surface area contributed by atoms with E-state index in [0.717, 1.165) is 6.42 Å². The van der Waals surface area contributed by atoms with Crippen molar-refractivity contribution in [2.75, 3.05) is 19.7 Å². The largest absolute Gasteiger partial charge is 0.452 e. The molecule has 1 aliphatic rings. The van der Waals surface area contributed by atoms with Gasteiger partial charge in [0.1, 0.15) is 0 Å². The van der Waals surface area contributed by atoms with Gasteiger partial charge in [0.05, 0.1) is 15.5 Å². The van der Waals surface area contributed by atoms with Gasteiger partial charge in [-0.05, 0) is 36.5 Å². The van der Waals surface area contributed by atoms with Crippen molar-refractivity contribution >= 4 is 33.5 Å². The summed E-state index contributed by atoms with van der Waals surface area (Å²) < 4.78 is 31.9. The number of amides is 1. The first-order valence-electron chi connectivity index (χ1n) is 7.86. The molecule has 2 rings (SSSR count). The van der Waals surface area contributed by atoms with Crippen molar-refractivity contribution in [3.63, 3.8) is 0 Å². The predicted octanol–water partition coefficient (Wildman–Crippen LogP) is 1.65. The lowest BCUT2D eigenvalue weighted by molar-refractivity contribution is -0.121. The van der Waals surface area contributed by atoms with Gasteiger partial charge >= 0.3 is 5.97 Å². The molecule has 0 saturated carbocycles. The zero-order valence-electron chi connectivity index (χ0n) is 14.1. The molecule has 0 aromatic heterocycles. The second-order valence-corrected chi connectivity index (χ2v) is 8.80. The van der Waals surface area contributed by atoms with Crippen LogP contribution in [0.15, 0.2) is 23.1 Å². The molecule has 7 nitrogen and oxygen atoms in total. The fourth-order valence-corrected chi connectivity index (χ4v) is 4.89. The van der Waals surface area contributed by atoms with Crippen molar-refractivity contribution in [2.45, 2.75) is 25.2 Å². The highest BCUT2D eigenvalue weighted by Gasteiger charge is 2.32. The summed E-state index contributed by atoms with van der Waals surface area (Å²) in [6, 6.07) is 3.85. The number of halogens is 1. The van der Waals surface area contributed by atoms with Crippen molar-refractivity contribution in [2.24, 2.45) is 17.6 Å². The van der Waals surface area contributed by atoms with E-state index < -0.39 is 28.5 Å². The summed E-state index contributed by atoms with van der Waals surface area (Å²) in [6.07, 6.45) is 0.970. The molecule has 0 aliphatic carbocycles. The third-order valence-electron chi connectivity index (χ3n) is 3.98. The maximum absolute atomic E-state index is 12.9. The molecule has 0 unspecified atom stereocenters. The molecule has 1 fully saturated rings. The molecule has 1 aliphatic heterocycles. The monoisotopic (exact) mass is 388 g/mol. The van der Waals surface area contributed by atoms with E-state index in [0.29, 0.717) is 13.1 Å². The van der Waals surface area contributed by atoms with Crippen LogP contribution in [0.4, 0.5) is 0 Å². The van der Waals surface area contributed by atoms with Crippen LogP contribution in [0.3, 0.4) is 0 Å². The van der Waals surface area contributed by atoms with Crippen molar-refractivity contribution < 1.29 is 22.7 Å². The van der Waals surface area contributed by atoms with E-state index in [1.54, 1.807) is 0 Å². The highest BCUT2D eigenvalue weighted by Crippen LogP contribution is 2.28. The van der Waals surface area contributed by atoms with Crippen LogP contribution in [-0.2, 0) is 19.6 Å². The molecule has 2 N–H and O–H groups in total. The van der Waals surface area contributed by atoms with Crippen LogP contribution < -0.4 is 5.73 Å². The maximum Gasteiger partial charge on any atom is 0.340 e. The van der Waals surface area contributed by atoms with Gasteiger partial charge in [-0.3, -0.25) is 4.79 Å². The summed E-state index contributed by atoms with van der Waals surface area (Å²) in [4.78, 5) is 22.7. The van der Waals surface area contributed by atoms with Crippen molar-refractivity contribution in [1.82, 2.24) is 4.31 Å². The Balaban J connectivity index is 2.31. The second-order valence-electron chi connectivity index (χ2n) is 6.45. The molecule has 2 atom stereocenters. The number of ether oxygens (including phenoxy) is 1. The fourth-order valence-electron chi connectivity index (χ4n) is 2.99. The smallest absolute Gasteiger partial charge is 0.340 e. The Morgan fingerprint density at radius 2 is 1.88 bits per heavy atom. The Morgan fingerprint density at radius 1 is 1.28 bits per heavy atom. The van der Waals surface area contributed by atoms with Gasteiger partial charge < -0.3 is 10.5 Å². The van der Waals surface area contributed by atoms with Gasteiger partial charge in [0.2, 0.25) is 10.0 Å². The molecule has 138 valence electrons. The first-order chi connectivity index (χ1) is 11.6. The van der Waals surface area contributed by atoms with E-state index in [1.165, 1.54) is 22.5 Å². The minimum Gasteiger partial charge on any atom is -0.452 e. The average molecular weight is 389 g/mol. The Morgan fingerprint density at radius 3 is 2.44 bits per heavy atom. The van der Waals surface area contributed by atoms with Gasteiger partial charge in [0.25, 0.3) is 5.91 Å². The summed E-state index contributed by atoms with van der Waals surface area (Å²) in [5, 5.41) is 0.0359. The van der Waals surface area contributed by atoms with Crippen LogP contribution in [-0.4, -0.2) is 44.3 Å². The standard InChI is InChI=1S/C16H21ClN2O5S/c1-10-5-11(2)8-19(7-10)25(22,23)12-3-4-14(17)13(6-12)16(21)24-9-15(18)20/h3-4,6,10-11H,5,7-9H2,1-2H3,(H2,18,20)/t10-,11-/m0/s1. The number of esters is 1. The number of carbonyl (C=O) groups excluding carboxylic acids is 2. The average Bonchev–Trinajstić information content (AvgIpc) is 2.51. The van der Waals surface area contributed by atoms with E-state index in [2.05, 4.69) is 0 Å². The Labute approximate surface area is 152 Å². The quantitative estimate of drug-likeness (QED) is 0.772. The van der Waals surface area contributed by atoms with E-state index in [9.17, 15) is 18.0 Å². The third kappa shape index (κ3) is 4.71. The molecule has 0 spiro atoms. The van der Waals surface area contributed by atoms with Gasteiger partial charge in [-0.15, -0.1) is 0 Å². The summed E-state index contributed by atoms with van der Waals surface area (Å²) >= 11 is 5.96. The fraction of sp³-hybridized carbons (Fsp3) is 0.500. The number of benzene rings is 1. The SMILES string of the molecule is C[C@H]1C[C@H](C)CN(S(=O)(=O)c2ccc(Cl)c(C(=O)OCC(N)=O)c2)C1.